The predicted molar refractivity (Wildman–Crippen MR) is 86.5 cm³/mol. The summed E-state index contributed by atoms with van der Waals surface area (Å²) in [5, 5.41) is 15.7. The Hall–Kier alpha value is -2.31. The molecule has 1 aromatic carbocycles. The minimum Gasteiger partial charge on any atom is -0.394 e. The Morgan fingerprint density at radius 1 is 1.30 bits per heavy atom. The quantitative estimate of drug-likeness (QED) is 0.768. The Bertz CT molecular complexity index is 639. The average molecular weight is 312 g/mol. The SMILES string of the molecule is O=C(NC(CO)c1ccc(-c2ncccn2)cc1)C1CCCN1. The van der Waals surface area contributed by atoms with Gasteiger partial charge in [0.2, 0.25) is 5.91 Å². The van der Waals surface area contributed by atoms with Gasteiger partial charge in [-0.15, -0.1) is 0 Å². The highest BCUT2D eigenvalue weighted by atomic mass is 16.3. The number of nitrogens with one attached hydrogen (secondary N) is 2. The smallest absolute Gasteiger partial charge is 0.237 e. The molecule has 23 heavy (non-hydrogen) atoms. The highest BCUT2D eigenvalue weighted by Crippen LogP contribution is 2.19. The summed E-state index contributed by atoms with van der Waals surface area (Å²) in [5.74, 6) is 0.593. The fraction of sp³-hybridized carbons (Fsp3) is 0.353. The molecule has 3 N–H and O–H groups in total. The number of benzene rings is 1. The van der Waals surface area contributed by atoms with Crippen LogP contribution in [0.5, 0.6) is 0 Å². The van der Waals surface area contributed by atoms with E-state index >= 15 is 0 Å². The summed E-state index contributed by atoms with van der Waals surface area (Å²) in [6.07, 6.45) is 5.24. The molecule has 0 spiro atoms. The van der Waals surface area contributed by atoms with Gasteiger partial charge in [0.15, 0.2) is 5.82 Å². The molecule has 6 heteroatoms. The Morgan fingerprint density at radius 3 is 2.65 bits per heavy atom. The number of amides is 1. The van der Waals surface area contributed by atoms with Gasteiger partial charge in [0.05, 0.1) is 18.7 Å². The van der Waals surface area contributed by atoms with Gasteiger partial charge in [0.25, 0.3) is 0 Å². The number of hydrogen-bond donors (Lipinski definition) is 3. The highest BCUT2D eigenvalue weighted by Gasteiger charge is 2.24. The number of carbonyl (C=O) groups is 1. The normalized spacial score (nSPS) is 18.6. The number of aromatic nitrogens is 2. The van der Waals surface area contributed by atoms with E-state index in [2.05, 4.69) is 20.6 Å². The van der Waals surface area contributed by atoms with Crippen molar-refractivity contribution < 1.29 is 9.90 Å². The minimum absolute atomic E-state index is 0.0583. The first kappa shape index (κ1) is 15.6. The number of rotatable bonds is 5. The molecule has 1 amide bonds. The van der Waals surface area contributed by atoms with Crippen molar-refractivity contribution in [2.24, 2.45) is 0 Å². The topological polar surface area (TPSA) is 87.1 Å². The van der Waals surface area contributed by atoms with Crippen LogP contribution < -0.4 is 10.6 Å². The lowest BCUT2D eigenvalue weighted by molar-refractivity contribution is -0.123. The van der Waals surface area contributed by atoms with Crippen LogP contribution in [0.2, 0.25) is 0 Å². The van der Waals surface area contributed by atoms with Crippen LogP contribution in [0.4, 0.5) is 0 Å². The molecule has 0 aliphatic carbocycles. The molecule has 120 valence electrons. The zero-order chi connectivity index (χ0) is 16.1. The van der Waals surface area contributed by atoms with E-state index in [-0.39, 0.29) is 18.6 Å². The molecule has 3 rings (SSSR count). The summed E-state index contributed by atoms with van der Waals surface area (Å²) < 4.78 is 0. The molecule has 1 aromatic heterocycles. The van der Waals surface area contributed by atoms with Gasteiger partial charge in [-0.1, -0.05) is 24.3 Å². The molecule has 1 aliphatic heterocycles. The van der Waals surface area contributed by atoms with E-state index in [1.165, 1.54) is 0 Å². The van der Waals surface area contributed by atoms with Gasteiger partial charge in [-0.3, -0.25) is 4.79 Å². The highest BCUT2D eigenvalue weighted by molar-refractivity contribution is 5.82. The fourth-order valence-corrected chi connectivity index (χ4v) is 2.73. The van der Waals surface area contributed by atoms with Gasteiger partial charge in [-0.2, -0.15) is 0 Å². The predicted octanol–water partition coefficient (Wildman–Crippen LogP) is 1.05. The summed E-state index contributed by atoms with van der Waals surface area (Å²) in [6.45, 7) is 0.729. The standard InChI is InChI=1S/C17H20N4O2/c22-11-15(21-17(23)14-3-1-8-18-14)12-4-6-13(7-5-12)16-19-9-2-10-20-16/h2,4-7,9-10,14-15,18,22H,1,3,8,11H2,(H,21,23). The van der Waals surface area contributed by atoms with Crippen LogP contribution in [0.25, 0.3) is 11.4 Å². The molecule has 2 atom stereocenters. The Kier molecular flexibility index (Phi) is 4.95. The first-order valence-electron chi connectivity index (χ1n) is 7.80. The summed E-state index contributed by atoms with van der Waals surface area (Å²) in [7, 11) is 0. The van der Waals surface area contributed by atoms with E-state index in [0.717, 1.165) is 30.5 Å². The number of aliphatic hydroxyl groups is 1. The number of nitrogens with zero attached hydrogens (tertiary/aromatic N) is 2. The van der Waals surface area contributed by atoms with Gasteiger partial charge < -0.3 is 15.7 Å². The van der Waals surface area contributed by atoms with Crippen LogP contribution in [-0.2, 0) is 4.79 Å². The lowest BCUT2D eigenvalue weighted by atomic mass is 10.0. The fourth-order valence-electron chi connectivity index (χ4n) is 2.73. The van der Waals surface area contributed by atoms with Gasteiger partial charge >= 0.3 is 0 Å². The molecular weight excluding hydrogens is 292 g/mol. The maximum absolute atomic E-state index is 12.2. The van der Waals surface area contributed by atoms with Crippen molar-refractivity contribution in [3.63, 3.8) is 0 Å². The van der Waals surface area contributed by atoms with E-state index in [1.807, 2.05) is 24.3 Å². The molecular formula is C17H20N4O2. The second kappa shape index (κ2) is 7.30. The molecule has 2 aromatic rings. The second-order valence-corrected chi connectivity index (χ2v) is 5.59. The van der Waals surface area contributed by atoms with Crippen molar-refractivity contribution in [1.82, 2.24) is 20.6 Å². The third-order valence-electron chi connectivity index (χ3n) is 4.01. The number of aliphatic hydroxyl groups excluding tert-OH is 1. The number of hydrogen-bond acceptors (Lipinski definition) is 5. The summed E-state index contributed by atoms with van der Waals surface area (Å²) in [5.41, 5.74) is 1.76. The van der Waals surface area contributed by atoms with Crippen LogP contribution in [0.15, 0.2) is 42.7 Å². The number of carbonyl (C=O) groups excluding carboxylic acids is 1. The zero-order valence-corrected chi connectivity index (χ0v) is 12.8. The van der Waals surface area contributed by atoms with Crippen molar-refractivity contribution in [3.05, 3.63) is 48.3 Å². The van der Waals surface area contributed by atoms with Gasteiger partial charge in [-0.25, -0.2) is 9.97 Å². The largest absolute Gasteiger partial charge is 0.394 e. The summed E-state index contributed by atoms with van der Waals surface area (Å²) in [6, 6.07) is 8.77. The first-order chi connectivity index (χ1) is 11.3. The molecule has 2 unspecified atom stereocenters. The van der Waals surface area contributed by atoms with E-state index < -0.39 is 6.04 Å². The average Bonchev–Trinajstić information content (AvgIpc) is 3.15. The lowest BCUT2D eigenvalue weighted by Crippen LogP contribution is -2.42. The summed E-state index contributed by atoms with van der Waals surface area (Å²) in [4.78, 5) is 20.6. The van der Waals surface area contributed by atoms with Crippen molar-refractivity contribution in [3.8, 4) is 11.4 Å². The van der Waals surface area contributed by atoms with Crippen molar-refractivity contribution in [2.45, 2.75) is 24.9 Å². The van der Waals surface area contributed by atoms with Crippen LogP contribution in [0.1, 0.15) is 24.4 Å². The van der Waals surface area contributed by atoms with Crippen molar-refractivity contribution in [1.29, 1.82) is 0 Å². The Balaban J connectivity index is 1.70. The Labute approximate surface area is 135 Å². The maximum atomic E-state index is 12.2. The van der Waals surface area contributed by atoms with Crippen LogP contribution in [0.3, 0.4) is 0 Å². The molecule has 0 radical (unpaired) electrons. The zero-order valence-electron chi connectivity index (χ0n) is 12.8. The van der Waals surface area contributed by atoms with E-state index in [1.54, 1.807) is 18.5 Å². The monoisotopic (exact) mass is 312 g/mol. The van der Waals surface area contributed by atoms with Gasteiger partial charge in [0, 0.05) is 18.0 Å². The first-order valence-corrected chi connectivity index (χ1v) is 7.80. The molecule has 1 fully saturated rings. The van der Waals surface area contributed by atoms with Gasteiger partial charge in [-0.05, 0) is 31.0 Å². The van der Waals surface area contributed by atoms with E-state index in [4.69, 9.17) is 0 Å². The van der Waals surface area contributed by atoms with Gasteiger partial charge in [0.1, 0.15) is 0 Å². The second-order valence-electron chi connectivity index (χ2n) is 5.59. The minimum atomic E-state index is -0.407. The van der Waals surface area contributed by atoms with Crippen LogP contribution in [-0.4, -0.2) is 40.2 Å². The summed E-state index contributed by atoms with van der Waals surface area (Å²) >= 11 is 0. The molecule has 1 aliphatic rings. The lowest BCUT2D eigenvalue weighted by Gasteiger charge is -2.19. The molecule has 6 nitrogen and oxygen atoms in total. The third kappa shape index (κ3) is 3.72. The Morgan fingerprint density at radius 2 is 2.04 bits per heavy atom. The molecule has 2 heterocycles. The molecule has 0 bridgehead atoms. The van der Waals surface area contributed by atoms with Crippen LogP contribution in [0, 0.1) is 0 Å². The van der Waals surface area contributed by atoms with Crippen molar-refractivity contribution in [2.75, 3.05) is 13.2 Å². The molecule has 0 saturated carbocycles. The molecule has 1 saturated heterocycles. The third-order valence-corrected chi connectivity index (χ3v) is 4.01. The van der Waals surface area contributed by atoms with Crippen LogP contribution >= 0.6 is 0 Å². The van der Waals surface area contributed by atoms with E-state index in [0.29, 0.717) is 5.82 Å². The maximum Gasteiger partial charge on any atom is 0.237 e. The van der Waals surface area contributed by atoms with E-state index in [9.17, 15) is 9.90 Å². The van der Waals surface area contributed by atoms with Crippen molar-refractivity contribution >= 4 is 5.91 Å².